The first-order valence-electron chi connectivity index (χ1n) is 9.80. The number of piperidine rings is 1. The Morgan fingerprint density at radius 3 is 2.35 bits per heavy atom. The molecule has 0 N–H and O–H groups in total. The third-order valence-electron chi connectivity index (χ3n) is 5.25. The molecule has 2 aromatic rings. The second-order valence-corrected chi connectivity index (χ2v) is 7.28. The Balaban J connectivity index is 1.47. The van der Waals surface area contributed by atoms with E-state index in [0.29, 0.717) is 6.10 Å². The maximum absolute atomic E-state index is 6.34. The number of benzene rings is 2. The summed E-state index contributed by atoms with van der Waals surface area (Å²) in [6.07, 6.45) is 7.19. The number of hydrogen-bond donors (Lipinski definition) is 0. The number of likely N-dealkylation sites (tertiary alicyclic amines) is 1. The molecule has 0 aliphatic carbocycles. The van der Waals surface area contributed by atoms with E-state index in [9.17, 15) is 0 Å². The van der Waals surface area contributed by atoms with E-state index in [4.69, 9.17) is 9.47 Å². The second kappa shape index (κ2) is 9.63. The molecule has 140 valence electrons. The summed E-state index contributed by atoms with van der Waals surface area (Å²) in [5.41, 5.74) is 2.72. The van der Waals surface area contributed by atoms with Crippen LogP contribution in [0.15, 0.2) is 48.5 Å². The van der Waals surface area contributed by atoms with Gasteiger partial charge in [-0.25, -0.2) is 0 Å². The molecule has 3 heteroatoms. The smallest absolute Gasteiger partial charge is 0.122 e. The lowest BCUT2D eigenvalue weighted by Gasteiger charge is -2.30. The van der Waals surface area contributed by atoms with Crippen molar-refractivity contribution in [3.63, 3.8) is 0 Å². The molecule has 1 fully saturated rings. The average molecular weight is 354 g/mol. The van der Waals surface area contributed by atoms with Crippen LogP contribution in [0.25, 0.3) is 0 Å². The van der Waals surface area contributed by atoms with Gasteiger partial charge in [0.25, 0.3) is 0 Å². The van der Waals surface area contributed by atoms with Gasteiger partial charge in [-0.3, -0.25) is 0 Å². The summed E-state index contributed by atoms with van der Waals surface area (Å²) < 4.78 is 11.6. The van der Waals surface area contributed by atoms with Gasteiger partial charge in [-0.1, -0.05) is 30.3 Å². The molecule has 0 bridgehead atoms. The van der Waals surface area contributed by atoms with Crippen LogP contribution < -0.4 is 9.47 Å². The number of hydrogen-bond acceptors (Lipinski definition) is 3. The van der Waals surface area contributed by atoms with E-state index in [1.54, 1.807) is 7.11 Å². The van der Waals surface area contributed by atoms with Crippen molar-refractivity contribution in [3.05, 3.63) is 59.7 Å². The number of methoxy groups -OCH3 is 1. The predicted molar refractivity (Wildman–Crippen MR) is 107 cm³/mol. The molecule has 1 heterocycles. The van der Waals surface area contributed by atoms with Crippen LogP contribution in [-0.4, -0.2) is 38.3 Å². The zero-order valence-electron chi connectivity index (χ0n) is 16.1. The fraction of sp³-hybridized carbons (Fsp3) is 0.478. The molecular formula is C23H31NO2. The molecular weight excluding hydrogens is 322 g/mol. The monoisotopic (exact) mass is 353 g/mol. The van der Waals surface area contributed by atoms with Crippen LogP contribution >= 0.6 is 0 Å². The average Bonchev–Trinajstić information content (AvgIpc) is 2.68. The van der Waals surface area contributed by atoms with Gasteiger partial charge in [-0.15, -0.1) is 0 Å². The molecule has 0 unspecified atom stereocenters. The maximum Gasteiger partial charge on any atom is 0.122 e. The third-order valence-corrected chi connectivity index (χ3v) is 5.25. The number of ether oxygens (including phenoxy) is 2. The first-order valence-corrected chi connectivity index (χ1v) is 9.80. The fourth-order valence-corrected chi connectivity index (χ4v) is 3.54. The van der Waals surface area contributed by atoms with E-state index >= 15 is 0 Å². The van der Waals surface area contributed by atoms with Gasteiger partial charge in [0.2, 0.25) is 0 Å². The minimum Gasteiger partial charge on any atom is -0.497 e. The lowest BCUT2D eigenvalue weighted by molar-refractivity contribution is 0.113. The Hall–Kier alpha value is -2.00. The summed E-state index contributed by atoms with van der Waals surface area (Å²) in [4.78, 5) is 2.38. The lowest BCUT2D eigenvalue weighted by atomic mass is 10.0. The quantitative estimate of drug-likeness (QED) is 0.640. The molecule has 3 nitrogen and oxygen atoms in total. The van der Waals surface area contributed by atoms with E-state index in [1.165, 1.54) is 24.0 Å². The molecule has 2 aromatic carbocycles. The summed E-state index contributed by atoms with van der Waals surface area (Å²) >= 11 is 0. The van der Waals surface area contributed by atoms with Crippen molar-refractivity contribution in [1.82, 2.24) is 4.90 Å². The number of rotatable bonds is 8. The SMILES string of the molecule is COc1ccc(CCCCc2ccccc2OC2CCN(C)CC2)cc1. The molecule has 3 rings (SSSR count). The predicted octanol–water partition coefficient (Wildman–Crippen LogP) is 4.73. The maximum atomic E-state index is 6.34. The van der Waals surface area contributed by atoms with Crippen LogP contribution in [0.4, 0.5) is 0 Å². The molecule has 0 amide bonds. The first-order chi connectivity index (χ1) is 12.7. The van der Waals surface area contributed by atoms with Gasteiger partial charge in [0.15, 0.2) is 0 Å². The number of para-hydroxylation sites is 1. The summed E-state index contributed by atoms with van der Waals surface area (Å²) in [7, 11) is 3.90. The topological polar surface area (TPSA) is 21.7 Å². The highest BCUT2D eigenvalue weighted by Crippen LogP contribution is 2.24. The van der Waals surface area contributed by atoms with Crippen molar-refractivity contribution in [2.45, 2.75) is 44.6 Å². The van der Waals surface area contributed by atoms with Crippen LogP contribution in [0.5, 0.6) is 11.5 Å². The van der Waals surface area contributed by atoms with E-state index in [-0.39, 0.29) is 0 Å². The molecule has 26 heavy (non-hydrogen) atoms. The normalized spacial score (nSPS) is 15.8. The van der Waals surface area contributed by atoms with Crippen LogP contribution in [0.3, 0.4) is 0 Å². The summed E-state index contributed by atoms with van der Waals surface area (Å²) in [6, 6.07) is 17.0. The van der Waals surface area contributed by atoms with Gasteiger partial charge in [-0.05, 0) is 74.9 Å². The zero-order chi connectivity index (χ0) is 18.2. The number of nitrogens with zero attached hydrogens (tertiary/aromatic N) is 1. The Bertz CT molecular complexity index is 660. The van der Waals surface area contributed by atoms with Crippen LogP contribution in [0, 0.1) is 0 Å². The Labute approximate surface area is 157 Å². The Morgan fingerprint density at radius 2 is 1.62 bits per heavy atom. The lowest BCUT2D eigenvalue weighted by Crippen LogP contribution is -2.35. The second-order valence-electron chi connectivity index (χ2n) is 7.28. The van der Waals surface area contributed by atoms with E-state index < -0.39 is 0 Å². The molecule has 0 radical (unpaired) electrons. The van der Waals surface area contributed by atoms with Crippen LogP contribution in [0.2, 0.25) is 0 Å². The third kappa shape index (κ3) is 5.50. The highest BCUT2D eigenvalue weighted by molar-refractivity contribution is 5.33. The highest BCUT2D eigenvalue weighted by atomic mass is 16.5. The van der Waals surface area contributed by atoms with Crippen molar-refractivity contribution < 1.29 is 9.47 Å². The molecule has 0 atom stereocenters. The van der Waals surface area contributed by atoms with Gasteiger partial charge in [0, 0.05) is 13.1 Å². The molecule has 1 aliphatic heterocycles. The Kier molecular flexibility index (Phi) is 6.96. The Morgan fingerprint density at radius 1 is 0.923 bits per heavy atom. The van der Waals surface area contributed by atoms with Gasteiger partial charge >= 0.3 is 0 Å². The van der Waals surface area contributed by atoms with Crippen molar-refractivity contribution in [2.24, 2.45) is 0 Å². The number of aryl methyl sites for hydroxylation is 2. The van der Waals surface area contributed by atoms with E-state index in [0.717, 1.165) is 50.3 Å². The molecule has 1 aliphatic rings. The standard InChI is InChI=1S/C23H31NO2/c1-24-17-15-22(16-18-24)26-23-10-6-5-9-20(23)8-4-3-7-19-11-13-21(25-2)14-12-19/h5-6,9-14,22H,3-4,7-8,15-18H2,1-2H3. The van der Waals surface area contributed by atoms with Crippen LogP contribution in [-0.2, 0) is 12.8 Å². The summed E-state index contributed by atoms with van der Waals surface area (Å²) in [6.45, 7) is 2.27. The molecule has 0 aromatic heterocycles. The molecule has 1 saturated heterocycles. The van der Waals surface area contributed by atoms with Crippen molar-refractivity contribution in [3.8, 4) is 11.5 Å². The van der Waals surface area contributed by atoms with Crippen molar-refractivity contribution in [2.75, 3.05) is 27.2 Å². The molecule has 0 spiro atoms. The highest BCUT2D eigenvalue weighted by Gasteiger charge is 2.18. The number of unbranched alkanes of at least 4 members (excludes halogenated alkanes) is 1. The minimum atomic E-state index is 0.367. The minimum absolute atomic E-state index is 0.367. The van der Waals surface area contributed by atoms with Crippen molar-refractivity contribution >= 4 is 0 Å². The first kappa shape index (κ1) is 18.8. The van der Waals surface area contributed by atoms with E-state index in [1.807, 2.05) is 12.1 Å². The van der Waals surface area contributed by atoms with Gasteiger partial charge < -0.3 is 14.4 Å². The summed E-state index contributed by atoms with van der Waals surface area (Å²) in [5, 5.41) is 0. The molecule has 0 saturated carbocycles. The van der Waals surface area contributed by atoms with Crippen molar-refractivity contribution in [1.29, 1.82) is 0 Å². The van der Waals surface area contributed by atoms with Gasteiger partial charge in [-0.2, -0.15) is 0 Å². The fourth-order valence-electron chi connectivity index (χ4n) is 3.54. The van der Waals surface area contributed by atoms with Gasteiger partial charge in [0.05, 0.1) is 7.11 Å². The van der Waals surface area contributed by atoms with Crippen LogP contribution in [0.1, 0.15) is 36.8 Å². The van der Waals surface area contributed by atoms with Gasteiger partial charge in [0.1, 0.15) is 17.6 Å². The van der Waals surface area contributed by atoms with E-state index in [2.05, 4.69) is 48.3 Å². The zero-order valence-corrected chi connectivity index (χ0v) is 16.1. The summed E-state index contributed by atoms with van der Waals surface area (Å²) in [5.74, 6) is 2.01. The largest absolute Gasteiger partial charge is 0.497 e.